The van der Waals surface area contributed by atoms with Crippen molar-refractivity contribution >= 4 is 10.8 Å². The van der Waals surface area contributed by atoms with E-state index in [2.05, 4.69) is 51.3 Å². The van der Waals surface area contributed by atoms with Crippen LogP contribution in [0.25, 0.3) is 0 Å². The third kappa shape index (κ3) is 5.83. The van der Waals surface area contributed by atoms with Crippen molar-refractivity contribution in [3.05, 3.63) is 45.5 Å². The zero-order chi connectivity index (χ0) is 28.0. The number of likely N-dealkylation sites (tertiary alicyclic amines) is 2. The van der Waals surface area contributed by atoms with Crippen LogP contribution in [0.1, 0.15) is 101 Å². The van der Waals surface area contributed by atoms with Gasteiger partial charge in [0.05, 0.1) is 10.8 Å². The number of phenols is 2. The fourth-order valence-electron chi connectivity index (χ4n) is 5.96. The molecule has 0 aliphatic carbocycles. The van der Waals surface area contributed by atoms with Crippen molar-refractivity contribution in [2.45, 2.75) is 115 Å². The van der Waals surface area contributed by atoms with Crippen molar-refractivity contribution in [1.29, 1.82) is 0 Å². The Bertz CT molecular complexity index is 1120. The summed E-state index contributed by atoms with van der Waals surface area (Å²) in [4.78, 5) is 6.31. The lowest BCUT2D eigenvalue weighted by Gasteiger charge is -2.28. The van der Waals surface area contributed by atoms with Gasteiger partial charge in [0.15, 0.2) is 0 Å². The quantitative estimate of drug-likeness (QED) is 0.429. The maximum absolute atomic E-state index is 14.6. The summed E-state index contributed by atoms with van der Waals surface area (Å²) in [5, 5.41) is 22.8. The summed E-state index contributed by atoms with van der Waals surface area (Å²) >= 11 is 0. The van der Waals surface area contributed by atoms with Crippen LogP contribution in [0.5, 0.6) is 11.5 Å². The smallest absolute Gasteiger partial charge is 0.124 e. The first-order valence-corrected chi connectivity index (χ1v) is 15.4. The first-order chi connectivity index (χ1) is 17.7. The molecule has 2 aromatic carbocycles. The number of phenolic OH excluding ortho intramolecular Hbond substituents is 2. The minimum Gasteiger partial charge on any atom is -0.507 e. The second-order valence-electron chi connectivity index (χ2n) is 13.5. The highest BCUT2D eigenvalue weighted by Gasteiger charge is 2.30. The van der Waals surface area contributed by atoms with Crippen molar-refractivity contribution in [2.24, 2.45) is 0 Å². The second-order valence-corrected chi connectivity index (χ2v) is 14.9. The molecule has 2 fully saturated rings. The molecule has 4 rings (SSSR count). The van der Waals surface area contributed by atoms with E-state index < -0.39 is 10.8 Å². The first-order valence-electron chi connectivity index (χ1n) is 14.3. The van der Waals surface area contributed by atoms with Crippen molar-refractivity contribution in [2.75, 3.05) is 26.2 Å². The highest BCUT2D eigenvalue weighted by Crippen LogP contribution is 2.43. The molecule has 210 valence electrons. The topological polar surface area (TPSA) is 64.0 Å². The van der Waals surface area contributed by atoms with E-state index in [0.29, 0.717) is 24.6 Å². The number of hydrogen-bond acceptors (Lipinski definition) is 5. The van der Waals surface area contributed by atoms with Crippen molar-refractivity contribution in [3.63, 3.8) is 0 Å². The van der Waals surface area contributed by atoms with Gasteiger partial charge in [-0.1, -0.05) is 41.5 Å². The minimum atomic E-state index is -1.46. The van der Waals surface area contributed by atoms with Crippen LogP contribution in [-0.2, 0) is 34.7 Å². The van der Waals surface area contributed by atoms with Gasteiger partial charge in [0.2, 0.25) is 0 Å². The third-order valence-electron chi connectivity index (χ3n) is 8.45. The van der Waals surface area contributed by atoms with E-state index in [4.69, 9.17) is 0 Å². The van der Waals surface area contributed by atoms with Gasteiger partial charge in [-0.15, -0.1) is 0 Å². The Balaban J connectivity index is 1.89. The summed E-state index contributed by atoms with van der Waals surface area (Å²) in [5.41, 5.74) is 4.70. The molecule has 0 spiro atoms. The van der Waals surface area contributed by atoms with E-state index in [1.54, 1.807) is 0 Å². The van der Waals surface area contributed by atoms with Gasteiger partial charge in [-0.05, 0) is 99.8 Å². The Hall–Kier alpha value is -1.89. The summed E-state index contributed by atoms with van der Waals surface area (Å²) in [7, 11) is -1.46. The Kier molecular flexibility index (Phi) is 8.38. The van der Waals surface area contributed by atoms with E-state index in [1.165, 1.54) is 25.7 Å². The number of nitrogens with zero attached hydrogens (tertiary/aromatic N) is 2. The van der Waals surface area contributed by atoms with E-state index in [-0.39, 0.29) is 10.8 Å². The lowest BCUT2D eigenvalue weighted by Crippen LogP contribution is -2.22. The average Bonchev–Trinajstić information content (AvgIpc) is 3.52. The monoisotopic (exact) mass is 540 g/mol. The Labute approximate surface area is 232 Å². The van der Waals surface area contributed by atoms with Gasteiger partial charge in [-0.25, -0.2) is 4.21 Å². The molecule has 0 bridgehead atoms. The highest BCUT2D eigenvalue weighted by atomic mass is 32.2. The summed E-state index contributed by atoms with van der Waals surface area (Å²) < 4.78 is 14.6. The lowest BCUT2D eigenvalue weighted by molar-refractivity contribution is 0.321. The molecule has 0 amide bonds. The molecule has 2 saturated heterocycles. The Morgan fingerprint density at radius 3 is 1.29 bits per heavy atom. The number of aromatic hydroxyl groups is 2. The van der Waals surface area contributed by atoms with Gasteiger partial charge in [-0.2, -0.15) is 0 Å². The lowest BCUT2D eigenvalue weighted by atomic mass is 9.84. The molecular weight excluding hydrogens is 492 g/mol. The van der Waals surface area contributed by atoms with Gasteiger partial charge < -0.3 is 10.2 Å². The molecule has 0 aromatic heterocycles. The molecule has 5 nitrogen and oxygen atoms in total. The van der Waals surface area contributed by atoms with E-state index in [1.807, 2.05) is 26.0 Å². The summed E-state index contributed by atoms with van der Waals surface area (Å²) in [6.07, 6.45) is 4.72. The molecule has 0 atom stereocenters. The Morgan fingerprint density at radius 2 is 1.00 bits per heavy atom. The molecular formula is C32H48N2O3S. The number of rotatable bonds is 6. The molecule has 2 heterocycles. The van der Waals surface area contributed by atoms with E-state index in [9.17, 15) is 14.4 Å². The summed E-state index contributed by atoms with van der Waals surface area (Å²) in [5.74, 6) is 0.686. The fraction of sp³-hybridized carbons (Fsp3) is 0.625. The van der Waals surface area contributed by atoms with Gasteiger partial charge in [0.1, 0.15) is 11.5 Å². The predicted molar refractivity (Wildman–Crippen MR) is 157 cm³/mol. The van der Waals surface area contributed by atoms with Crippen molar-refractivity contribution < 1.29 is 14.4 Å². The standard InChI is InChI=1S/C32H48N2O3S/c1-21-23(19-33-13-9-10-14-33)29(35)25(31(3,4)5)17-27(21)38(37)28-18-26(32(6,7)8)30(36)24(22(28)2)20-34-15-11-12-16-34/h17-18,35-36H,9-16,19-20H2,1-8H3. The van der Waals surface area contributed by atoms with Crippen LogP contribution < -0.4 is 0 Å². The van der Waals surface area contributed by atoms with Gasteiger partial charge in [-0.3, -0.25) is 9.80 Å². The largest absolute Gasteiger partial charge is 0.507 e. The third-order valence-corrected chi connectivity index (χ3v) is 10.1. The zero-order valence-electron chi connectivity index (χ0n) is 24.8. The van der Waals surface area contributed by atoms with Crippen LogP contribution in [0.3, 0.4) is 0 Å². The molecule has 2 aliphatic rings. The summed E-state index contributed by atoms with van der Waals surface area (Å²) in [6, 6.07) is 3.94. The Morgan fingerprint density at radius 1 is 0.684 bits per heavy atom. The van der Waals surface area contributed by atoms with Crippen LogP contribution in [-0.4, -0.2) is 50.4 Å². The fourth-order valence-corrected chi connectivity index (χ4v) is 7.45. The van der Waals surface area contributed by atoms with Gasteiger partial charge in [0, 0.05) is 45.1 Å². The van der Waals surface area contributed by atoms with E-state index in [0.717, 1.165) is 69.4 Å². The zero-order valence-corrected chi connectivity index (χ0v) is 25.6. The van der Waals surface area contributed by atoms with Crippen LogP contribution in [0.15, 0.2) is 21.9 Å². The van der Waals surface area contributed by atoms with Crippen LogP contribution in [0, 0.1) is 13.8 Å². The van der Waals surface area contributed by atoms with Gasteiger partial charge >= 0.3 is 0 Å². The number of benzene rings is 2. The average molecular weight is 541 g/mol. The number of hydrogen-bond donors (Lipinski definition) is 2. The molecule has 2 N–H and O–H groups in total. The molecule has 0 unspecified atom stereocenters. The highest BCUT2D eigenvalue weighted by molar-refractivity contribution is 7.85. The van der Waals surface area contributed by atoms with Crippen molar-refractivity contribution in [3.8, 4) is 11.5 Å². The maximum atomic E-state index is 14.6. The first kappa shape index (κ1) is 29.1. The minimum absolute atomic E-state index is 0.294. The van der Waals surface area contributed by atoms with Crippen LogP contribution in [0.2, 0.25) is 0 Å². The molecule has 6 heteroatoms. The van der Waals surface area contributed by atoms with Gasteiger partial charge in [0.25, 0.3) is 0 Å². The SMILES string of the molecule is Cc1c(S(=O)c2cc(C(C)(C)C)c(O)c(CN3CCCC3)c2C)cc(C(C)(C)C)c(O)c1CN1CCCC1. The molecule has 38 heavy (non-hydrogen) atoms. The predicted octanol–water partition coefficient (Wildman–Crippen LogP) is 6.67. The van der Waals surface area contributed by atoms with Crippen LogP contribution >= 0.6 is 0 Å². The van der Waals surface area contributed by atoms with E-state index >= 15 is 0 Å². The maximum Gasteiger partial charge on any atom is 0.124 e. The molecule has 0 saturated carbocycles. The normalized spacial score (nSPS) is 17.7. The molecule has 2 aliphatic heterocycles. The molecule has 2 aromatic rings. The second kappa shape index (κ2) is 10.9. The van der Waals surface area contributed by atoms with Crippen molar-refractivity contribution in [1.82, 2.24) is 9.80 Å². The van der Waals surface area contributed by atoms with Crippen LogP contribution in [0.4, 0.5) is 0 Å². The summed E-state index contributed by atoms with van der Waals surface area (Å²) in [6.45, 7) is 22.1. The molecule has 0 radical (unpaired) electrons.